The number of aryl methyl sites for hydroxylation is 1. The summed E-state index contributed by atoms with van der Waals surface area (Å²) in [5, 5.41) is 11.7. The Morgan fingerprint density at radius 1 is 1.36 bits per heavy atom. The fourth-order valence-electron chi connectivity index (χ4n) is 2.69. The maximum absolute atomic E-state index is 12.1. The van der Waals surface area contributed by atoms with E-state index in [1.807, 2.05) is 18.2 Å². The van der Waals surface area contributed by atoms with Crippen LogP contribution in [0.15, 0.2) is 34.0 Å². The average Bonchev–Trinajstić information content (AvgIpc) is 2.90. The summed E-state index contributed by atoms with van der Waals surface area (Å²) < 4.78 is 26.8. The van der Waals surface area contributed by atoms with Gasteiger partial charge >= 0.3 is 6.09 Å². The van der Waals surface area contributed by atoms with Gasteiger partial charge in [0.1, 0.15) is 5.52 Å². The largest absolute Gasteiger partial charge is 0.465 e. The second kappa shape index (κ2) is 6.60. The molecule has 0 bridgehead atoms. The van der Waals surface area contributed by atoms with Crippen molar-refractivity contribution >= 4 is 53.8 Å². The van der Waals surface area contributed by atoms with Crippen LogP contribution in [-0.2, 0) is 16.4 Å². The van der Waals surface area contributed by atoms with E-state index >= 15 is 0 Å². The summed E-state index contributed by atoms with van der Waals surface area (Å²) in [5.74, 6) is 0. The third-order valence-corrected chi connectivity index (χ3v) is 5.13. The van der Waals surface area contributed by atoms with Crippen LogP contribution in [0.4, 0.5) is 4.79 Å². The van der Waals surface area contributed by atoms with Gasteiger partial charge in [0.15, 0.2) is 0 Å². The molecule has 0 spiro atoms. The van der Waals surface area contributed by atoms with Crippen LogP contribution in [-0.4, -0.2) is 47.0 Å². The van der Waals surface area contributed by atoms with Crippen LogP contribution >= 0.6 is 15.9 Å². The number of pyridine rings is 1. The number of fused-ring (bicyclic) bond motifs is 3. The minimum atomic E-state index is -3.55. The zero-order valence-electron chi connectivity index (χ0n) is 13.2. The van der Waals surface area contributed by atoms with Crippen molar-refractivity contribution in [1.29, 1.82) is 0 Å². The molecule has 0 atom stereocenters. The fourth-order valence-corrected chi connectivity index (χ4v) is 3.89. The highest BCUT2D eigenvalue weighted by Crippen LogP contribution is 2.28. The van der Waals surface area contributed by atoms with Gasteiger partial charge in [-0.05, 0) is 24.6 Å². The molecule has 2 aromatic heterocycles. The molecule has 8 nitrogen and oxygen atoms in total. The maximum Gasteiger partial charge on any atom is 0.404 e. The fraction of sp³-hybridized carbons (Fsp3) is 0.267. The van der Waals surface area contributed by atoms with Crippen molar-refractivity contribution < 1.29 is 18.3 Å². The lowest BCUT2D eigenvalue weighted by Gasteiger charge is -2.09. The van der Waals surface area contributed by atoms with Crippen LogP contribution in [0.1, 0.15) is 6.42 Å². The van der Waals surface area contributed by atoms with Gasteiger partial charge in [0.2, 0.25) is 15.0 Å². The third kappa shape index (κ3) is 3.59. The van der Waals surface area contributed by atoms with E-state index in [-0.39, 0.29) is 11.7 Å². The Bertz CT molecular complexity index is 1080. The summed E-state index contributed by atoms with van der Waals surface area (Å²) in [4.78, 5) is 19.1. The van der Waals surface area contributed by atoms with Crippen molar-refractivity contribution in [2.24, 2.45) is 0 Å². The first kappa shape index (κ1) is 17.6. The number of nitrogens with one attached hydrogen (secondary N) is 1. The summed E-state index contributed by atoms with van der Waals surface area (Å²) in [6.07, 6.45) is 1.97. The predicted octanol–water partition coefficient (Wildman–Crippen LogP) is 2.41. The molecule has 0 aliphatic carbocycles. The van der Waals surface area contributed by atoms with Crippen LogP contribution in [0.25, 0.3) is 21.9 Å². The quantitative estimate of drug-likeness (QED) is 0.605. The van der Waals surface area contributed by atoms with E-state index in [1.165, 1.54) is 0 Å². The van der Waals surface area contributed by atoms with Crippen molar-refractivity contribution in [3.63, 3.8) is 0 Å². The highest BCUT2D eigenvalue weighted by atomic mass is 79.9. The van der Waals surface area contributed by atoms with E-state index in [1.54, 1.807) is 10.8 Å². The SMILES string of the molecule is CS(=O)(=O)c1nc2cnc3cc(Br)ccc3c2n1CCCNC(=O)O. The van der Waals surface area contributed by atoms with Crippen LogP contribution < -0.4 is 5.32 Å². The molecule has 25 heavy (non-hydrogen) atoms. The second-order valence-electron chi connectivity index (χ2n) is 5.56. The Hall–Kier alpha value is -2.20. The van der Waals surface area contributed by atoms with Gasteiger partial charge in [-0.1, -0.05) is 15.9 Å². The minimum Gasteiger partial charge on any atom is -0.465 e. The van der Waals surface area contributed by atoms with Gasteiger partial charge in [0, 0.05) is 29.2 Å². The van der Waals surface area contributed by atoms with Crippen LogP contribution in [0.5, 0.6) is 0 Å². The lowest BCUT2D eigenvalue weighted by molar-refractivity contribution is 0.194. The highest BCUT2D eigenvalue weighted by Gasteiger charge is 2.21. The smallest absolute Gasteiger partial charge is 0.404 e. The number of nitrogens with zero attached hydrogens (tertiary/aromatic N) is 3. The first-order valence-electron chi connectivity index (χ1n) is 7.39. The molecule has 132 valence electrons. The number of hydrogen-bond acceptors (Lipinski definition) is 5. The molecule has 0 fully saturated rings. The molecule has 0 aliphatic heterocycles. The third-order valence-electron chi connectivity index (χ3n) is 3.67. The van der Waals surface area contributed by atoms with Crippen molar-refractivity contribution in [3.05, 3.63) is 28.9 Å². The van der Waals surface area contributed by atoms with Gasteiger partial charge in [0.05, 0.1) is 17.2 Å². The molecule has 0 saturated carbocycles. The second-order valence-corrected chi connectivity index (χ2v) is 8.38. The number of sulfone groups is 1. The van der Waals surface area contributed by atoms with Gasteiger partial charge in [-0.3, -0.25) is 4.98 Å². The number of benzene rings is 1. The molecule has 1 aromatic carbocycles. The Morgan fingerprint density at radius 2 is 2.12 bits per heavy atom. The van der Waals surface area contributed by atoms with Gasteiger partial charge in [-0.25, -0.2) is 18.2 Å². The minimum absolute atomic E-state index is 0.0463. The number of rotatable bonds is 5. The van der Waals surface area contributed by atoms with Gasteiger partial charge in [-0.15, -0.1) is 0 Å². The summed E-state index contributed by atoms with van der Waals surface area (Å²) in [6, 6.07) is 5.56. The number of amides is 1. The van der Waals surface area contributed by atoms with E-state index in [2.05, 4.69) is 31.2 Å². The first-order chi connectivity index (χ1) is 11.8. The van der Waals surface area contributed by atoms with E-state index in [0.29, 0.717) is 29.5 Å². The first-order valence-corrected chi connectivity index (χ1v) is 10.1. The zero-order valence-corrected chi connectivity index (χ0v) is 15.6. The summed E-state index contributed by atoms with van der Waals surface area (Å²) >= 11 is 3.39. The van der Waals surface area contributed by atoms with Gasteiger partial charge in [-0.2, -0.15) is 0 Å². The predicted molar refractivity (Wildman–Crippen MR) is 96.5 cm³/mol. The van der Waals surface area contributed by atoms with Crippen LogP contribution in [0.2, 0.25) is 0 Å². The summed E-state index contributed by atoms with van der Waals surface area (Å²) in [5.41, 5.74) is 1.88. The normalized spacial score (nSPS) is 11.9. The molecular formula is C15H15BrN4O4S. The van der Waals surface area contributed by atoms with Crippen molar-refractivity contribution in [3.8, 4) is 0 Å². The molecule has 2 N–H and O–H groups in total. The molecule has 0 saturated heterocycles. The average molecular weight is 427 g/mol. The molecule has 0 radical (unpaired) electrons. The molecule has 1 amide bonds. The Balaban J connectivity index is 2.16. The van der Waals surface area contributed by atoms with Crippen molar-refractivity contribution in [2.75, 3.05) is 12.8 Å². The number of carbonyl (C=O) groups is 1. The van der Waals surface area contributed by atoms with Crippen LogP contribution in [0.3, 0.4) is 0 Å². The van der Waals surface area contributed by atoms with Gasteiger partial charge < -0.3 is 15.0 Å². The molecule has 2 heterocycles. The van der Waals surface area contributed by atoms with Crippen molar-refractivity contribution in [1.82, 2.24) is 19.9 Å². The monoisotopic (exact) mass is 426 g/mol. The molecular weight excluding hydrogens is 412 g/mol. The van der Waals surface area contributed by atoms with E-state index in [9.17, 15) is 13.2 Å². The summed E-state index contributed by atoms with van der Waals surface area (Å²) in [6.45, 7) is 0.529. The standard InChI is InChI=1S/C15H15BrN4O4S/c1-25(23,24)14-19-12-8-18-11-7-9(16)3-4-10(11)13(12)20(14)6-2-5-17-15(21)22/h3-4,7-8,17H,2,5-6H2,1H3,(H,21,22). The van der Waals surface area contributed by atoms with Gasteiger partial charge in [0.25, 0.3) is 0 Å². The Kier molecular flexibility index (Phi) is 4.65. The van der Waals surface area contributed by atoms with E-state index in [0.717, 1.165) is 16.1 Å². The zero-order chi connectivity index (χ0) is 18.2. The molecule has 0 aliphatic rings. The lowest BCUT2D eigenvalue weighted by atomic mass is 10.2. The topological polar surface area (TPSA) is 114 Å². The Morgan fingerprint density at radius 3 is 2.80 bits per heavy atom. The molecule has 10 heteroatoms. The molecule has 3 aromatic rings. The summed E-state index contributed by atoms with van der Waals surface area (Å²) in [7, 11) is -3.55. The van der Waals surface area contributed by atoms with E-state index in [4.69, 9.17) is 5.11 Å². The number of carboxylic acid groups (broad SMARTS) is 1. The number of hydrogen-bond donors (Lipinski definition) is 2. The molecule has 0 unspecified atom stereocenters. The number of imidazole rings is 1. The Labute approximate surface area is 151 Å². The number of aromatic nitrogens is 3. The molecule has 3 rings (SSSR count). The lowest BCUT2D eigenvalue weighted by Crippen LogP contribution is -2.23. The van der Waals surface area contributed by atoms with Crippen molar-refractivity contribution in [2.45, 2.75) is 18.1 Å². The number of halogens is 1. The van der Waals surface area contributed by atoms with Crippen LogP contribution in [0, 0.1) is 0 Å². The maximum atomic E-state index is 12.1. The highest BCUT2D eigenvalue weighted by molar-refractivity contribution is 9.10. The van der Waals surface area contributed by atoms with E-state index < -0.39 is 15.9 Å².